The number of nitro groups is 1. The molecule has 0 aliphatic heterocycles. The van der Waals surface area contributed by atoms with Crippen molar-refractivity contribution in [3.8, 4) is 11.5 Å². The molecule has 7 nitrogen and oxygen atoms in total. The Hall–Kier alpha value is -3.09. The predicted octanol–water partition coefficient (Wildman–Crippen LogP) is 3.29. The number of hydrogen-bond donors (Lipinski definition) is 1. The molecule has 2 rings (SSSR count). The van der Waals surface area contributed by atoms with Gasteiger partial charge in [-0.1, -0.05) is 24.3 Å². The fourth-order valence-corrected chi connectivity index (χ4v) is 2.67. The van der Waals surface area contributed by atoms with Crippen LogP contribution in [0.4, 0.5) is 5.69 Å². The number of hydrogen-bond acceptors (Lipinski definition) is 5. The predicted molar refractivity (Wildman–Crippen MR) is 102 cm³/mol. The van der Waals surface area contributed by atoms with Crippen LogP contribution in [0.15, 0.2) is 42.5 Å². The van der Waals surface area contributed by atoms with Crippen molar-refractivity contribution in [2.75, 3.05) is 19.8 Å². The highest BCUT2D eigenvalue weighted by molar-refractivity contribution is 5.79. The van der Waals surface area contributed by atoms with E-state index in [4.69, 9.17) is 9.47 Å². The van der Waals surface area contributed by atoms with Gasteiger partial charge in [-0.25, -0.2) is 0 Å². The number of carbonyl (C=O) groups excluding carboxylic acids is 1. The summed E-state index contributed by atoms with van der Waals surface area (Å²) in [5.74, 6) is 1.13. The summed E-state index contributed by atoms with van der Waals surface area (Å²) in [4.78, 5) is 22.6. The molecule has 0 radical (unpaired) electrons. The first-order chi connectivity index (χ1) is 13.0. The molecule has 0 aliphatic carbocycles. The van der Waals surface area contributed by atoms with E-state index in [2.05, 4.69) is 5.32 Å². The smallest absolute Gasteiger partial charge is 0.273 e. The molecule has 0 atom stereocenters. The summed E-state index contributed by atoms with van der Waals surface area (Å²) in [6.45, 7) is 5.35. The van der Waals surface area contributed by atoms with E-state index < -0.39 is 4.92 Å². The number of amides is 1. The number of nitrogens with one attached hydrogen (secondary N) is 1. The zero-order valence-electron chi connectivity index (χ0n) is 15.6. The largest absolute Gasteiger partial charge is 0.490 e. The third kappa shape index (κ3) is 5.99. The highest BCUT2D eigenvalue weighted by Crippen LogP contribution is 2.28. The van der Waals surface area contributed by atoms with Crippen molar-refractivity contribution in [1.29, 1.82) is 0 Å². The van der Waals surface area contributed by atoms with Crippen molar-refractivity contribution in [2.45, 2.75) is 26.7 Å². The van der Waals surface area contributed by atoms with Gasteiger partial charge >= 0.3 is 0 Å². The molecule has 2 aromatic rings. The van der Waals surface area contributed by atoms with Gasteiger partial charge in [-0.05, 0) is 38.0 Å². The third-order valence-electron chi connectivity index (χ3n) is 3.88. The molecule has 0 aliphatic rings. The topological polar surface area (TPSA) is 90.7 Å². The number of carbonyl (C=O) groups is 1. The van der Waals surface area contributed by atoms with Crippen LogP contribution >= 0.6 is 0 Å². The van der Waals surface area contributed by atoms with Crippen LogP contribution in [-0.2, 0) is 17.6 Å². The first-order valence-electron chi connectivity index (χ1n) is 8.92. The van der Waals surface area contributed by atoms with E-state index in [1.807, 2.05) is 32.0 Å². The zero-order chi connectivity index (χ0) is 19.6. The molecule has 0 saturated heterocycles. The third-order valence-corrected chi connectivity index (χ3v) is 3.88. The summed E-state index contributed by atoms with van der Waals surface area (Å²) in [6.07, 6.45) is 0.597. The second kappa shape index (κ2) is 10.2. The average Bonchev–Trinajstić information content (AvgIpc) is 2.64. The van der Waals surface area contributed by atoms with Gasteiger partial charge in [-0.15, -0.1) is 0 Å². The molecule has 0 unspecified atom stereocenters. The molecule has 0 spiro atoms. The summed E-state index contributed by atoms with van der Waals surface area (Å²) in [5.41, 5.74) is 1.37. The van der Waals surface area contributed by atoms with Crippen molar-refractivity contribution in [1.82, 2.24) is 5.32 Å². The van der Waals surface area contributed by atoms with Crippen LogP contribution in [0, 0.1) is 10.1 Å². The van der Waals surface area contributed by atoms with Gasteiger partial charge in [0.2, 0.25) is 5.91 Å². The van der Waals surface area contributed by atoms with Crippen LogP contribution in [0.1, 0.15) is 25.0 Å². The lowest BCUT2D eigenvalue weighted by atomic mass is 10.1. The van der Waals surface area contributed by atoms with Crippen molar-refractivity contribution in [2.24, 2.45) is 0 Å². The maximum Gasteiger partial charge on any atom is 0.273 e. The molecule has 1 N–H and O–H groups in total. The summed E-state index contributed by atoms with van der Waals surface area (Å²) in [5, 5.41) is 13.8. The Morgan fingerprint density at radius 1 is 1.07 bits per heavy atom. The fraction of sp³-hybridized carbons (Fsp3) is 0.350. The molecule has 0 heterocycles. The van der Waals surface area contributed by atoms with Crippen molar-refractivity contribution >= 4 is 11.6 Å². The molecule has 0 bridgehead atoms. The highest BCUT2D eigenvalue weighted by atomic mass is 16.6. The van der Waals surface area contributed by atoms with Gasteiger partial charge in [0.25, 0.3) is 5.69 Å². The summed E-state index contributed by atoms with van der Waals surface area (Å²) >= 11 is 0. The number of nitrogens with zero attached hydrogens (tertiary/aromatic N) is 1. The Kier molecular flexibility index (Phi) is 7.61. The minimum atomic E-state index is -0.474. The van der Waals surface area contributed by atoms with E-state index in [-0.39, 0.29) is 18.0 Å². The lowest BCUT2D eigenvalue weighted by Crippen LogP contribution is -2.27. The van der Waals surface area contributed by atoms with Crippen LogP contribution in [-0.4, -0.2) is 30.6 Å². The molecule has 2 aromatic carbocycles. The summed E-state index contributed by atoms with van der Waals surface area (Å²) in [6, 6.07) is 12.0. The van der Waals surface area contributed by atoms with Crippen LogP contribution in [0.25, 0.3) is 0 Å². The van der Waals surface area contributed by atoms with Gasteiger partial charge < -0.3 is 14.8 Å². The second-order valence-corrected chi connectivity index (χ2v) is 5.81. The SMILES string of the molecule is CCOc1ccc(CCNC(=O)Cc2ccccc2[N+](=O)[O-])cc1OCC. The number of rotatable bonds is 10. The molecule has 27 heavy (non-hydrogen) atoms. The van der Waals surface area contributed by atoms with E-state index in [1.165, 1.54) is 6.07 Å². The minimum absolute atomic E-state index is 0.0232. The number of nitro benzene ring substituents is 1. The van der Waals surface area contributed by atoms with E-state index in [1.54, 1.807) is 18.2 Å². The van der Waals surface area contributed by atoms with Gasteiger partial charge in [0, 0.05) is 18.2 Å². The normalized spacial score (nSPS) is 10.3. The fourth-order valence-electron chi connectivity index (χ4n) is 2.67. The molecule has 144 valence electrons. The van der Waals surface area contributed by atoms with Crippen molar-refractivity contribution in [3.63, 3.8) is 0 Å². The Labute approximate surface area is 158 Å². The van der Waals surface area contributed by atoms with Crippen molar-refractivity contribution in [3.05, 3.63) is 63.7 Å². The molecular weight excluding hydrogens is 348 g/mol. The molecule has 7 heteroatoms. The number of ether oxygens (including phenoxy) is 2. The Morgan fingerprint density at radius 3 is 2.48 bits per heavy atom. The molecular formula is C20H24N2O5. The summed E-state index contributed by atoms with van der Waals surface area (Å²) < 4.78 is 11.1. The standard InChI is InChI=1S/C20H24N2O5/c1-3-26-18-10-9-15(13-19(18)27-4-2)11-12-21-20(23)14-16-7-5-6-8-17(16)22(24)25/h5-10,13H,3-4,11-12,14H2,1-2H3,(H,21,23). The van der Waals surface area contributed by atoms with Gasteiger partial charge in [0.15, 0.2) is 11.5 Å². The Bertz CT molecular complexity index is 792. The number of para-hydroxylation sites is 1. The Balaban J connectivity index is 1.91. The first-order valence-corrected chi connectivity index (χ1v) is 8.92. The molecule has 1 amide bonds. The van der Waals surface area contributed by atoms with Gasteiger partial charge in [0.1, 0.15) is 0 Å². The monoisotopic (exact) mass is 372 g/mol. The van der Waals surface area contributed by atoms with E-state index in [0.29, 0.717) is 43.2 Å². The zero-order valence-corrected chi connectivity index (χ0v) is 15.6. The van der Waals surface area contributed by atoms with Crippen molar-refractivity contribution < 1.29 is 19.2 Å². The van der Waals surface area contributed by atoms with Crippen LogP contribution < -0.4 is 14.8 Å². The van der Waals surface area contributed by atoms with E-state index in [0.717, 1.165) is 5.56 Å². The van der Waals surface area contributed by atoms with E-state index in [9.17, 15) is 14.9 Å². The first kappa shape index (κ1) is 20.2. The minimum Gasteiger partial charge on any atom is -0.490 e. The average molecular weight is 372 g/mol. The lowest BCUT2D eigenvalue weighted by Gasteiger charge is -2.12. The molecule has 0 fully saturated rings. The van der Waals surface area contributed by atoms with E-state index >= 15 is 0 Å². The van der Waals surface area contributed by atoms with Gasteiger partial charge in [-0.2, -0.15) is 0 Å². The van der Waals surface area contributed by atoms with Gasteiger partial charge in [-0.3, -0.25) is 14.9 Å². The second-order valence-electron chi connectivity index (χ2n) is 5.81. The molecule has 0 saturated carbocycles. The Morgan fingerprint density at radius 2 is 1.78 bits per heavy atom. The maximum absolute atomic E-state index is 12.1. The van der Waals surface area contributed by atoms with Crippen LogP contribution in [0.3, 0.4) is 0 Å². The quantitative estimate of drug-likeness (QED) is 0.510. The van der Waals surface area contributed by atoms with Crippen LogP contribution in [0.2, 0.25) is 0 Å². The molecule has 0 aromatic heterocycles. The van der Waals surface area contributed by atoms with Crippen LogP contribution in [0.5, 0.6) is 11.5 Å². The van der Waals surface area contributed by atoms with Gasteiger partial charge in [0.05, 0.1) is 24.6 Å². The highest BCUT2D eigenvalue weighted by Gasteiger charge is 2.15. The lowest BCUT2D eigenvalue weighted by molar-refractivity contribution is -0.385. The summed E-state index contributed by atoms with van der Waals surface area (Å²) in [7, 11) is 0. The number of benzene rings is 2. The maximum atomic E-state index is 12.1.